The molecule has 2 saturated heterocycles. The van der Waals surface area contributed by atoms with Crippen LogP contribution >= 0.6 is 0 Å². The molecule has 32 heavy (non-hydrogen) atoms. The number of hydroxylamine groups is 3. The lowest BCUT2D eigenvalue weighted by molar-refractivity contribution is -0.110. The summed E-state index contributed by atoms with van der Waals surface area (Å²) in [7, 11) is 1.94. The van der Waals surface area contributed by atoms with Gasteiger partial charge in [0.05, 0.1) is 25.3 Å². The van der Waals surface area contributed by atoms with Gasteiger partial charge in [0, 0.05) is 30.8 Å². The average molecular weight is 439 g/mol. The highest BCUT2D eigenvalue weighted by Gasteiger charge is 2.32. The highest BCUT2D eigenvalue weighted by Crippen LogP contribution is 2.36. The molecule has 0 amide bonds. The first-order valence-corrected chi connectivity index (χ1v) is 10.5. The number of halogens is 2. The van der Waals surface area contributed by atoms with Gasteiger partial charge in [-0.25, -0.2) is 23.8 Å². The van der Waals surface area contributed by atoms with E-state index in [2.05, 4.69) is 27.4 Å². The van der Waals surface area contributed by atoms with Gasteiger partial charge in [-0.3, -0.25) is 9.68 Å². The molecule has 5 rings (SSSR count). The first kappa shape index (κ1) is 20.7. The van der Waals surface area contributed by atoms with Crippen molar-refractivity contribution in [2.45, 2.75) is 24.9 Å². The van der Waals surface area contributed by atoms with Crippen LogP contribution in [0.25, 0.3) is 0 Å². The van der Waals surface area contributed by atoms with E-state index in [9.17, 15) is 8.78 Å². The maximum atomic E-state index is 14.4. The van der Waals surface area contributed by atoms with Crippen LogP contribution in [0.3, 0.4) is 0 Å². The maximum Gasteiger partial charge on any atom is 0.164 e. The van der Waals surface area contributed by atoms with E-state index in [0.29, 0.717) is 24.7 Å². The van der Waals surface area contributed by atoms with E-state index < -0.39 is 17.7 Å². The predicted octanol–water partition coefficient (Wildman–Crippen LogP) is 4.69. The van der Waals surface area contributed by atoms with Gasteiger partial charge in [0.15, 0.2) is 17.5 Å². The monoisotopic (exact) mass is 439 g/mol. The van der Waals surface area contributed by atoms with Crippen LogP contribution in [0.4, 0.5) is 26.1 Å². The summed E-state index contributed by atoms with van der Waals surface area (Å²) in [5.74, 6) is -0.704. The van der Waals surface area contributed by atoms with E-state index in [-0.39, 0.29) is 11.6 Å². The third kappa shape index (κ3) is 4.02. The van der Waals surface area contributed by atoms with E-state index >= 15 is 0 Å². The Bertz CT molecular complexity index is 1100. The SMILES string of the molecule is CN1OCC[C@H]1c1ccc(Nc2cc(N3OCC[C@@H]3c3cccc(F)c3F)ncn2)cc1. The van der Waals surface area contributed by atoms with Gasteiger partial charge in [-0.05, 0) is 30.2 Å². The van der Waals surface area contributed by atoms with Crippen molar-refractivity contribution in [3.63, 3.8) is 0 Å². The van der Waals surface area contributed by atoms with Gasteiger partial charge in [0.2, 0.25) is 0 Å². The van der Waals surface area contributed by atoms with Crippen molar-refractivity contribution < 1.29 is 18.5 Å². The lowest BCUT2D eigenvalue weighted by atomic mass is 10.0. The Morgan fingerprint density at radius 3 is 2.53 bits per heavy atom. The summed E-state index contributed by atoms with van der Waals surface area (Å²) >= 11 is 0. The number of aromatic nitrogens is 2. The molecule has 9 heteroatoms. The van der Waals surface area contributed by atoms with Crippen LogP contribution in [-0.4, -0.2) is 35.3 Å². The van der Waals surface area contributed by atoms with Gasteiger partial charge in [-0.1, -0.05) is 24.3 Å². The molecule has 7 nitrogen and oxygen atoms in total. The van der Waals surface area contributed by atoms with Crippen molar-refractivity contribution in [3.8, 4) is 0 Å². The van der Waals surface area contributed by atoms with E-state index in [1.807, 2.05) is 24.2 Å². The Hall–Kier alpha value is -3.14. The van der Waals surface area contributed by atoms with E-state index in [1.165, 1.54) is 23.0 Å². The minimum Gasteiger partial charge on any atom is -0.340 e. The zero-order chi connectivity index (χ0) is 22.1. The Labute approximate surface area is 184 Å². The topological polar surface area (TPSA) is 62.8 Å². The van der Waals surface area contributed by atoms with Crippen LogP contribution in [0, 0.1) is 11.6 Å². The van der Waals surface area contributed by atoms with Crippen LogP contribution < -0.4 is 10.4 Å². The summed E-state index contributed by atoms with van der Waals surface area (Å²) in [5.41, 5.74) is 2.30. The minimum atomic E-state index is -0.877. The maximum absolute atomic E-state index is 14.4. The van der Waals surface area contributed by atoms with E-state index in [0.717, 1.165) is 24.8 Å². The highest BCUT2D eigenvalue weighted by atomic mass is 19.2. The van der Waals surface area contributed by atoms with Crippen LogP contribution in [-0.2, 0) is 9.68 Å². The molecule has 2 aromatic carbocycles. The van der Waals surface area contributed by atoms with E-state index in [1.54, 1.807) is 12.1 Å². The molecule has 1 N–H and O–H groups in total. The molecule has 2 atom stereocenters. The molecule has 1 aromatic heterocycles. The lowest BCUT2D eigenvalue weighted by Gasteiger charge is -2.24. The van der Waals surface area contributed by atoms with Crippen molar-refractivity contribution in [1.29, 1.82) is 0 Å². The zero-order valence-electron chi connectivity index (χ0n) is 17.5. The first-order valence-electron chi connectivity index (χ1n) is 10.5. The Morgan fingerprint density at radius 2 is 1.75 bits per heavy atom. The summed E-state index contributed by atoms with van der Waals surface area (Å²) in [4.78, 5) is 19.8. The quantitative estimate of drug-likeness (QED) is 0.619. The van der Waals surface area contributed by atoms with E-state index in [4.69, 9.17) is 9.68 Å². The largest absolute Gasteiger partial charge is 0.340 e. The van der Waals surface area contributed by atoms with Crippen molar-refractivity contribution in [3.05, 3.63) is 77.6 Å². The van der Waals surface area contributed by atoms with Crippen molar-refractivity contribution >= 4 is 17.3 Å². The minimum absolute atomic E-state index is 0.243. The fraction of sp³-hybridized carbons (Fsp3) is 0.304. The van der Waals surface area contributed by atoms with Crippen LogP contribution in [0.15, 0.2) is 54.9 Å². The van der Waals surface area contributed by atoms with Gasteiger partial charge in [-0.15, -0.1) is 0 Å². The zero-order valence-corrected chi connectivity index (χ0v) is 17.5. The fourth-order valence-corrected chi connectivity index (χ4v) is 4.18. The lowest BCUT2D eigenvalue weighted by Crippen LogP contribution is -2.23. The third-order valence-electron chi connectivity index (χ3n) is 5.82. The molecule has 0 aliphatic carbocycles. The van der Waals surface area contributed by atoms with Crippen molar-refractivity contribution in [2.24, 2.45) is 0 Å². The second-order valence-electron chi connectivity index (χ2n) is 7.80. The predicted molar refractivity (Wildman–Crippen MR) is 115 cm³/mol. The molecule has 2 aliphatic heterocycles. The number of nitrogens with one attached hydrogen (secondary N) is 1. The molecule has 0 radical (unpaired) electrons. The average Bonchev–Trinajstić information content (AvgIpc) is 3.46. The number of benzene rings is 2. The van der Waals surface area contributed by atoms with Gasteiger partial charge < -0.3 is 5.32 Å². The van der Waals surface area contributed by atoms with Crippen LogP contribution in [0.1, 0.15) is 36.1 Å². The number of anilines is 3. The molecule has 166 valence electrons. The second-order valence-corrected chi connectivity index (χ2v) is 7.80. The second kappa shape index (κ2) is 8.78. The summed E-state index contributed by atoms with van der Waals surface area (Å²) in [6.45, 7) is 1.11. The van der Waals surface area contributed by atoms with Gasteiger partial charge >= 0.3 is 0 Å². The van der Waals surface area contributed by atoms with Crippen molar-refractivity contribution in [2.75, 3.05) is 30.6 Å². The van der Waals surface area contributed by atoms with Gasteiger partial charge in [-0.2, -0.15) is 5.06 Å². The molecule has 3 aromatic rings. The summed E-state index contributed by atoms with van der Waals surface area (Å²) in [6.07, 6.45) is 2.90. The highest BCUT2D eigenvalue weighted by molar-refractivity contribution is 5.59. The molecular formula is C23H23F2N5O2. The Kier molecular flexibility index (Phi) is 5.69. The fourth-order valence-electron chi connectivity index (χ4n) is 4.18. The molecule has 0 spiro atoms. The number of hydrogen-bond donors (Lipinski definition) is 1. The Morgan fingerprint density at radius 1 is 0.969 bits per heavy atom. The smallest absolute Gasteiger partial charge is 0.164 e. The normalized spacial score (nSPS) is 21.3. The molecular weight excluding hydrogens is 416 g/mol. The number of hydrogen-bond acceptors (Lipinski definition) is 7. The number of nitrogens with zero attached hydrogens (tertiary/aromatic N) is 4. The standard InChI is InChI=1S/C23H23F2N5O2/c1-29-19(9-11-31-29)15-5-7-16(8-6-15)28-21-13-22(27-14-26-21)30-20(10-12-32-30)17-3-2-4-18(24)23(17)25/h2-8,13-14,19-20H,9-12H2,1H3,(H,26,27,28)/t19-,20+/m0/s1. The molecule has 2 fully saturated rings. The van der Waals surface area contributed by atoms with Gasteiger partial charge in [0.1, 0.15) is 12.1 Å². The molecule has 2 aliphatic rings. The third-order valence-corrected chi connectivity index (χ3v) is 5.82. The van der Waals surface area contributed by atoms with Crippen LogP contribution in [0.2, 0.25) is 0 Å². The molecule has 3 heterocycles. The summed E-state index contributed by atoms with van der Waals surface area (Å²) < 4.78 is 28.1. The number of rotatable bonds is 5. The van der Waals surface area contributed by atoms with Crippen LogP contribution in [0.5, 0.6) is 0 Å². The Balaban J connectivity index is 1.34. The first-order chi connectivity index (χ1) is 15.6. The molecule has 0 unspecified atom stereocenters. The molecule has 0 bridgehead atoms. The summed E-state index contributed by atoms with van der Waals surface area (Å²) in [6, 6.07) is 13.8. The summed E-state index contributed by atoms with van der Waals surface area (Å²) in [5, 5.41) is 6.66. The van der Waals surface area contributed by atoms with Gasteiger partial charge in [0.25, 0.3) is 0 Å². The molecule has 0 saturated carbocycles. The van der Waals surface area contributed by atoms with Crippen molar-refractivity contribution in [1.82, 2.24) is 15.0 Å².